The smallest absolute Gasteiger partial charge is 0.263 e. The summed E-state index contributed by atoms with van der Waals surface area (Å²) in [7, 11) is 0. The van der Waals surface area contributed by atoms with E-state index in [4.69, 9.17) is 4.74 Å². The first-order valence-electron chi connectivity index (χ1n) is 7.86. The number of halogens is 1. The Hall–Kier alpha value is -1.26. The molecule has 0 aliphatic carbocycles. The van der Waals surface area contributed by atoms with Gasteiger partial charge >= 0.3 is 0 Å². The predicted molar refractivity (Wildman–Crippen MR) is 91.8 cm³/mol. The number of carbonyl (C=O) groups is 1. The zero-order valence-corrected chi connectivity index (χ0v) is 14.5. The summed E-state index contributed by atoms with van der Waals surface area (Å²) in [6, 6.07) is 8.14. The molecule has 0 spiro atoms. The predicted octanol–water partition coefficient (Wildman–Crippen LogP) is 2.78. The Morgan fingerprint density at radius 3 is 2.86 bits per heavy atom. The minimum Gasteiger partial charge on any atom is -0.481 e. The number of hydrogen-bond donors (Lipinski definition) is 1. The SMILES string of the molecule is CCCN(C(=O)C(C)Oc1cccc(C)c1)C1CCNC1.Cl. The molecule has 2 atom stereocenters. The third-order valence-corrected chi connectivity index (χ3v) is 3.87. The summed E-state index contributed by atoms with van der Waals surface area (Å²) >= 11 is 0. The van der Waals surface area contributed by atoms with E-state index >= 15 is 0 Å². The summed E-state index contributed by atoms with van der Waals surface area (Å²) in [6.45, 7) is 8.65. The van der Waals surface area contributed by atoms with Crippen LogP contribution in [0.15, 0.2) is 24.3 Å². The molecule has 0 aromatic heterocycles. The fourth-order valence-electron chi connectivity index (χ4n) is 2.80. The van der Waals surface area contributed by atoms with Gasteiger partial charge in [-0.15, -0.1) is 12.4 Å². The van der Waals surface area contributed by atoms with E-state index in [0.29, 0.717) is 6.04 Å². The molecule has 1 N–H and O–H groups in total. The summed E-state index contributed by atoms with van der Waals surface area (Å²) in [5, 5.41) is 3.33. The molecule has 4 nitrogen and oxygen atoms in total. The van der Waals surface area contributed by atoms with Crippen LogP contribution >= 0.6 is 12.4 Å². The van der Waals surface area contributed by atoms with Crippen molar-refractivity contribution in [3.8, 4) is 5.75 Å². The van der Waals surface area contributed by atoms with Crippen molar-refractivity contribution >= 4 is 18.3 Å². The molecule has 124 valence electrons. The van der Waals surface area contributed by atoms with Crippen LogP contribution in [0.5, 0.6) is 5.75 Å². The van der Waals surface area contributed by atoms with E-state index in [1.807, 2.05) is 43.0 Å². The maximum atomic E-state index is 12.7. The van der Waals surface area contributed by atoms with Gasteiger partial charge in [-0.1, -0.05) is 19.1 Å². The Morgan fingerprint density at radius 1 is 1.50 bits per heavy atom. The van der Waals surface area contributed by atoms with Gasteiger partial charge in [0.2, 0.25) is 0 Å². The molecule has 1 aliphatic rings. The van der Waals surface area contributed by atoms with E-state index in [1.54, 1.807) is 0 Å². The van der Waals surface area contributed by atoms with Gasteiger partial charge in [0.05, 0.1) is 0 Å². The van der Waals surface area contributed by atoms with E-state index in [2.05, 4.69) is 12.2 Å². The van der Waals surface area contributed by atoms with Crippen LogP contribution in [0.4, 0.5) is 0 Å². The summed E-state index contributed by atoms with van der Waals surface area (Å²) in [4.78, 5) is 14.7. The molecule has 1 saturated heterocycles. The average Bonchev–Trinajstić information content (AvgIpc) is 2.98. The Labute approximate surface area is 139 Å². The number of hydrogen-bond acceptors (Lipinski definition) is 3. The van der Waals surface area contributed by atoms with Gasteiger partial charge in [0.15, 0.2) is 6.10 Å². The van der Waals surface area contributed by atoms with Crippen LogP contribution in [0.2, 0.25) is 0 Å². The van der Waals surface area contributed by atoms with Crippen molar-refractivity contribution in [1.29, 1.82) is 0 Å². The molecule has 2 unspecified atom stereocenters. The van der Waals surface area contributed by atoms with Crippen LogP contribution in [0.25, 0.3) is 0 Å². The van der Waals surface area contributed by atoms with Gasteiger partial charge in [0.25, 0.3) is 5.91 Å². The van der Waals surface area contributed by atoms with Crippen LogP contribution in [-0.4, -0.2) is 42.6 Å². The van der Waals surface area contributed by atoms with Gasteiger partial charge in [-0.2, -0.15) is 0 Å². The number of rotatable bonds is 6. The van der Waals surface area contributed by atoms with Crippen LogP contribution < -0.4 is 10.1 Å². The third-order valence-electron chi connectivity index (χ3n) is 3.87. The largest absolute Gasteiger partial charge is 0.481 e. The van der Waals surface area contributed by atoms with Crippen LogP contribution in [0, 0.1) is 6.92 Å². The highest BCUT2D eigenvalue weighted by Crippen LogP contribution is 2.17. The molecular formula is C17H27ClN2O2. The Morgan fingerprint density at radius 2 is 2.27 bits per heavy atom. The van der Waals surface area contributed by atoms with Crippen LogP contribution in [0.3, 0.4) is 0 Å². The van der Waals surface area contributed by atoms with Crippen molar-refractivity contribution in [2.45, 2.75) is 45.8 Å². The van der Waals surface area contributed by atoms with E-state index in [-0.39, 0.29) is 18.3 Å². The molecule has 2 rings (SSSR count). The van der Waals surface area contributed by atoms with Crippen molar-refractivity contribution in [2.75, 3.05) is 19.6 Å². The Balaban J connectivity index is 0.00000242. The lowest BCUT2D eigenvalue weighted by atomic mass is 10.2. The number of benzene rings is 1. The molecule has 0 bridgehead atoms. The summed E-state index contributed by atoms with van der Waals surface area (Å²) < 4.78 is 5.83. The molecule has 1 fully saturated rings. The summed E-state index contributed by atoms with van der Waals surface area (Å²) in [5.74, 6) is 0.851. The molecule has 1 aliphatic heterocycles. The number of nitrogens with one attached hydrogen (secondary N) is 1. The fourth-order valence-corrected chi connectivity index (χ4v) is 2.80. The van der Waals surface area contributed by atoms with E-state index in [9.17, 15) is 4.79 Å². The zero-order chi connectivity index (χ0) is 15.2. The van der Waals surface area contributed by atoms with Crippen LogP contribution in [0.1, 0.15) is 32.3 Å². The number of ether oxygens (including phenoxy) is 1. The third kappa shape index (κ3) is 4.89. The molecule has 1 heterocycles. The molecule has 1 amide bonds. The average molecular weight is 327 g/mol. The monoisotopic (exact) mass is 326 g/mol. The second-order valence-corrected chi connectivity index (χ2v) is 5.75. The molecule has 5 heteroatoms. The van der Waals surface area contributed by atoms with Crippen molar-refractivity contribution < 1.29 is 9.53 Å². The van der Waals surface area contributed by atoms with Gasteiger partial charge < -0.3 is 15.0 Å². The highest BCUT2D eigenvalue weighted by molar-refractivity contribution is 5.85. The van der Waals surface area contributed by atoms with Gasteiger partial charge in [-0.05, 0) is 50.9 Å². The molecule has 22 heavy (non-hydrogen) atoms. The Bertz CT molecular complexity index is 475. The molecule has 1 aromatic rings. The number of aryl methyl sites for hydroxylation is 1. The lowest BCUT2D eigenvalue weighted by Crippen LogP contribution is -2.47. The second-order valence-electron chi connectivity index (χ2n) is 5.75. The topological polar surface area (TPSA) is 41.6 Å². The van der Waals surface area contributed by atoms with E-state index in [1.165, 1.54) is 0 Å². The highest BCUT2D eigenvalue weighted by Gasteiger charge is 2.29. The Kier molecular flexibility index (Phi) is 7.69. The molecule has 1 aromatic carbocycles. The van der Waals surface area contributed by atoms with Crippen molar-refractivity contribution in [3.63, 3.8) is 0 Å². The summed E-state index contributed by atoms with van der Waals surface area (Å²) in [5.41, 5.74) is 1.14. The minimum atomic E-state index is -0.445. The van der Waals surface area contributed by atoms with Crippen LogP contribution in [-0.2, 0) is 4.79 Å². The second kappa shape index (κ2) is 9.01. The standard InChI is InChI=1S/C17H26N2O2.ClH/c1-4-10-19(15-8-9-18-12-15)17(20)14(3)21-16-7-5-6-13(2)11-16;/h5-7,11,14-15,18H,4,8-10,12H2,1-3H3;1H. The number of carbonyl (C=O) groups excluding carboxylic acids is 1. The first kappa shape index (κ1) is 18.8. The number of amides is 1. The van der Waals surface area contributed by atoms with E-state index < -0.39 is 6.10 Å². The highest BCUT2D eigenvalue weighted by atomic mass is 35.5. The maximum Gasteiger partial charge on any atom is 0.263 e. The van der Waals surface area contributed by atoms with Crippen molar-refractivity contribution in [1.82, 2.24) is 10.2 Å². The lowest BCUT2D eigenvalue weighted by molar-refractivity contribution is -0.140. The zero-order valence-electron chi connectivity index (χ0n) is 13.7. The van der Waals surface area contributed by atoms with Gasteiger partial charge in [-0.3, -0.25) is 4.79 Å². The molecule has 0 saturated carbocycles. The first-order valence-corrected chi connectivity index (χ1v) is 7.86. The van der Waals surface area contributed by atoms with Crippen molar-refractivity contribution in [2.24, 2.45) is 0 Å². The summed E-state index contributed by atoms with van der Waals surface area (Å²) in [6.07, 6.45) is 1.56. The first-order chi connectivity index (χ1) is 10.1. The minimum absolute atomic E-state index is 0. The molecule has 0 radical (unpaired) electrons. The van der Waals surface area contributed by atoms with E-state index in [0.717, 1.165) is 43.8 Å². The van der Waals surface area contributed by atoms with Crippen molar-refractivity contribution in [3.05, 3.63) is 29.8 Å². The fraction of sp³-hybridized carbons (Fsp3) is 0.588. The quantitative estimate of drug-likeness (QED) is 0.874. The van der Waals surface area contributed by atoms with Gasteiger partial charge in [-0.25, -0.2) is 0 Å². The molecular weight excluding hydrogens is 300 g/mol. The lowest BCUT2D eigenvalue weighted by Gasteiger charge is -2.30. The van der Waals surface area contributed by atoms with Gasteiger partial charge in [0, 0.05) is 19.1 Å². The number of nitrogens with zero attached hydrogens (tertiary/aromatic N) is 1. The normalized spacial score (nSPS) is 18.4. The maximum absolute atomic E-state index is 12.7. The van der Waals surface area contributed by atoms with Gasteiger partial charge in [0.1, 0.15) is 5.75 Å².